The van der Waals surface area contributed by atoms with Crippen LogP contribution < -0.4 is 5.32 Å². The average Bonchev–Trinajstić information content (AvgIpc) is 2.25. The molecule has 1 aromatic heterocycles. The van der Waals surface area contributed by atoms with E-state index >= 15 is 0 Å². The molecule has 3 N–H and O–H groups in total. The van der Waals surface area contributed by atoms with E-state index in [2.05, 4.69) is 10.3 Å². The minimum Gasteiger partial charge on any atom is -0.478 e. The fourth-order valence-electron chi connectivity index (χ4n) is 1.72. The normalized spacial score (nSPS) is 12.2. The molecule has 0 spiro atoms. The lowest BCUT2D eigenvalue weighted by Gasteiger charge is -2.15. The van der Waals surface area contributed by atoms with E-state index in [0.29, 0.717) is 11.4 Å². The van der Waals surface area contributed by atoms with Crippen LogP contribution in [0.3, 0.4) is 0 Å². The van der Waals surface area contributed by atoms with Gasteiger partial charge in [0.1, 0.15) is 5.56 Å². The molecule has 0 fully saturated rings. The largest absolute Gasteiger partial charge is 0.478 e. The lowest BCUT2D eigenvalue weighted by molar-refractivity contribution is 0.0692. The van der Waals surface area contributed by atoms with Crippen molar-refractivity contribution in [2.45, 2.75) is 20.0 Å². The molecule has 1 heterocycles. The third-order valence-electron chi connectivity index (χ3n) is 2.43. The number of anilines is 1. The zero-order valence-corrected chi connectivity index (χ0v) is 10.7. The van der Waals surface area contributed by atoms with Crippen molar-refractivity contribution >= 4 is 11.7 Å². The molecular weight excluding hydrogens is 236 g/mol. The Kier molecular flexibility index (Phi) is 5.06. The maximum atomic E-state index is 11.2. The highest BCUT2D eigenvalue weighted by Gasteiger charge is 2.16. The minimum atomic E-state index is -1.04. The summed E-state index contributed by atoms with van der Waals surface area (Å²) in [6.07, 6.45) is -0.689. The van der Waals surface area contributed by atoms with Crippen molar-refractivity contribution < 1.29 is 19.7 Å². The van der Waals surface area contributed by atoms with Crippen molar-refractivity contribution in [1.82, 2.24) is 4.98 Å². The van der Waals surface area contributed by atoms with E-state index in [9.17, 15) is 9.90 Å². The third kappa shape index (κ3) is 3.68. The summed E-state index contributed by atoms with van der Waals surface area (Å²) in [6, 6.07) is 1.65. The Labute approximate surface area is 106 Å². The van der Waals surface area contributed by atoms with Crippen molar-refractivity contribution in [3.63, 3.8) is 0 Å². The minimum absolute atomic E-state index is 0.130. The van der Waals surface area contributed by atoms with Gasteiger partial charge >= 0.3 is 5.97 Å². The van der Waals surface area contributed by atoms with Gasteiger partial charge in [0.25, 0.3) is 0 Å². The molecular formula is C12H18N2O4. The number of nitrogens with one attached hydrogen (secondary N) is 1. The third-order valence-corrected chi connectivity index (χ3v) is 2.43. The first-order valence-electron chi connectivity index (χ1n) is 5.58. The van der Waals surface area contributed by atoms with Crippen molar-refractivity contribution in [1.29, 1.82) is 0 Å². The van der Waals surface area contributed by atoms with Gasteiger partial charge in [0.05, 0.1) is 24.1 Å². The van der Waals surface area contributed by atoms with Crippen LogP contribution in [-0.4, -0.2) is 47.5 Å². The number of hydrogen-bond acceptors (Lipinski definition) is 5. The van der Waals surface area contributed by atoms with Crippen molar-refractivity contribution in [3.8, 4) is 0 Å². The van der Waals surface area contributed by atoms with Crippen LogP contribution in [0.15, 0.2) is 6.07 Å². The number of aromatic carboxylic acids is 1. The van der Waals surface area contributed by atoms with E-state index in [0.717, 1.165) is 5.69 Å². The summed E-state index contributed by atoms with van der Waals surface area (Å²) in [5.74, 6) is -1.04. The molecule has 1 rings (SSSR count). The van der Waals surface area contributed by atoms with Gasteiger partial charge in [-0.05, 0) is 19.9 Å². The molecule has 0 aliphatic heterocycles. The second kappa shape index (κ2) is 6.32. The van der Waals surface area contributed by atoms with Gasteiger partial charge in [-0.25, -0.2) is 4.79 Å². The molecule has 0 aromatic carbocycles. The highest BCUT2D eigenvalue weighted by Crippen LogP contribution is 2.19. The van der Waals surface area contributed by atoms with Crippen molar-refractivity contribution in [2.75, 3.05) is 25.6 Å². The molecule has 6 heteroatoms. The zero-order chi connectivity index (χ0) is 13.7. The Balaban J connectivity index is 2.90. The Morgan fingerprint density at radius 3 is 2.78 bits per heavy atom. The van der Waals surface area contributed by atoms with E-state index in [-0.39, 0.29) is 18.7 Å². The zero-order valence-electron chi connectivity index (χ0n) is 10.7. The van der Waals surface area contributed by atoms with Crippen molar-refractivity contribution in [2.24, 2.45) is 0 Å². The van der Waals surface area contributed by atoms with Crippen LogP contribution in [0.1, 0.15) is 21.7 Å². The topological polar surface area (TPSA) is 91.7 Å². The summed E-state index contributed by atoms with van der Waals surface area (Å²) in [6.45, 7) is 3.85. The number of aryl methyl sites for hydroxylation is 2. The van der Waals surface area contributed by atoms with Crippen LogP contribution in [0.2, 0.25) is 0 Å². The lowest BCUT2D eigenvalue weighted by atomic mass is 10.1. The SMILES string of the molecule is COCC(O)CNc1cc(C)nc(C)c1C(=O)O. The van der Waals surface area contributed by atoms with Crippen LogP contribution in [-0.2, 0) is 4.74 Å². The fourth-order valence-corrected chi connectivity index (χ4v) is 1.72. The summed E-state index contributed by atoms with van der Waals surface area (Å²) >= 11 is 0. The van der Waals surface area contributed by atoms with Gasteiger partial charge in [0.2, 0.25) is 0 Å². The standard InChI is InChI=1S/C12H18N2O4/c1-7-4-10(13-5-9(15)6-18-3)11(12(16)17)8(2)14-7/h4,9,15H,5-6H2,1-3H3,(H,13,14)(H,16,17). The highest BCUT2D eigenvalue weighted by atomic mass is 16.5. The molecule has 100 valence electrons. The Morgan fingerprint density at radius 1 is 1.56 bits per heavy atom. The van der Waals surface area contributed by atoms with Gasteiger partial charge in [-0.3, -0.25) is 4.98 Å². The molecule has 0 amide bonds. The van der Waals surface area contributed by atoms with Crippen molar-refractivity contribution in [3.05, 3.63) is 23.0 Å². The van der Waals surface area contributed by atoms with E-state index in [1.807, 2.05) is 0 Å². The van der Waals surface area contributed by atoms with Crippen LogP contribution in [0, 0.1) is 13.8 Å². The molecule has 0 aliphatic rings. The number of carboxylic acid groups (broad SMARTS) is 1. The number of rotatable bonds is 6. The van der Waals surface area contributed by atoms with Gasteiger partial charge in [-0.2, -0.15) is 0 Å². The second-order valence-corrected chi connectivity index (χ2v) is 4.07. The monoisotopic (exact) mass is 254 g/mol. The number of hydrogen-bond donors (Lipinski definition) is 3. The number of carbonyl (C=O) groups is 1. The maximum Gasteiger partial charge on any atom is 0.339 e. The summed E-state index contributed by atoms with van der Waals surface area (Å²) in [5, 5.41) is 21.6. The predicted octanol–water partition coefficient (Wildman–Crippen LogP) is 0.816. The summed E-state index contributed by atoms with van der Waals surface area (Å²) in [4.78, 5) is 15.3. The number of pyridine rings is 1. The quantitative estimate of drug-likeness (QED) is 0.696. The van der Waals surface area contributed by atoms with Gasteiger partial charge in [0, 0.05) is 19.3 Å². The van der Waals surface area contributed by atoms with E-state index in [4.69, 9.17) is 9.84 Å². The fraction of sp³-hybridized carbons (Fsp3) is 0.500. The van der Waals surface area contributed by atoms with Gasteiger partial charge in [-0.1, -0.05) is 0 Å². The predicted molar refractivity (Wildman–Crippen MR) is 67.0 cm³/mol. The molecule has 0 aliphatic carbocycles. The first-order valence-corrected chi connectivity index (χ1v) is 5.58. The second-order valence-electron chi connectivity index (χ2n) is 4.07. The molecule has 0 radical (unpaired) electrons. The van der Waals surface area contributed by atoms with E-state index in [1.165, 1.54) is 7.11 Å². The molecule has 1 unspecified atom stereocenters. The number of carboxylic acids is 1. The van der Waals surface area contributed by atoms with E-state index < -0.39 is 12.1 Å². The molecule has 0 saturated heterocycles. The average molecular weight is 254 g/mol. The van der Waals surface area contributed by atoms with Gasteiger partial charge in [-0.15, -0.1) is 0 Å². The molecule has 18 heavy (non-hydrogen) atoms. The number of nitrogens with zero attached hydrogens (tertiary/aromatic N) is 1. The molecule has 0 bridgehead atoms. The first kappa shape index (κ1) is 14.4. The first-order chi connectivity index (χ1) is 8.45. The van der Waals surface area contributed by atoms with Crippen LogP contribution in [0.25, 0.3) is 0 Å². The molecule has 1 atom stereocenters. The van der Waals surface area contributed by atoms with Crippen LogP contribution in [0.4, 0.5) is 5.69 Å². The Morgan fingerprint density at radius 2 is 2.22 bits per heavy atom. The van der Waals surface area contributed by atoms with Crippen LogP contribution >= 0.6 is 0 Å². The smallest absolute Gasteiger partial charge is 0.339 e. The summed E-state index contributed by atoms with van der Waals surface area (Å²) in [5.41, 5.74) is 1.76. The lowest BCUT2D eigenvalue weighted by Crippen LogP contribution is -2.25. The number of aliphatic hydroxyl groups is 1. The maximum absolute atomic E-state index is 11.2. The number of methoxy groups -OCH3 is 1. The number of aromatic nitrogens is 1. The molecule has 0 saturated carbocycles. The number of ether oxygens (including phenoxy) is 1. The molecule has 1 aromatic rings. The van der Waals surface area contributed by atoms with Gasteiger partial charge in [0.15, 0.2) is 0 Å². The van der Waals surface area contributed by atoms with E-state index in [1.54, 1.807) is 19.9 Å². The Bertz CT molecular complexity index is 434. The highest BCUT2D eigenvalue weighted by molar-refractivity contribution is 5.95. The summed E-state index contributed by atoms with van der Waals surface area (Å²) in [7, 11) is 1.49. The molecule has 6 nitrogen and oxygen atoms in total. The van der Waals surface area contributed by atoms with Crippen LogP contribution in [0.5, 0.6) is 0 Å². The number of aliphatic hydroxyl groups excluding tert-OH is 1. The summed E-state index contributed by atoms with van der Waals surface area (Å²) < 4.78 is 4.80. The van der Waals surface area contributed by atoms with Gasteiger partial charge < -0.3 is 20.3 Å². The Hall–Kier alpha value is -1.66.